The number of nitrogens with one attached hydrogen (secondary N) is 1. The van der Waals surface area contributed by atoms with Gasteiger partial charge in [-0.25, -0.2) is 4.39 Å². The molecular formula is C24H24F4N4O3. The molecule has 0 saturated carbocycles. The van der Waals surface area contributed by atoms with Crippen molar-refractivity contribution in [2.24, 2.45) is 0 Å². The molecule has 1 fully saturated rings. The number of rotatable bonds is 7. The van der Waals surface area contributed by atoms with Crippen LogP contribution in [0.5, 0.6) is 0 Å². The first-order valence-corrected chi connectivity index (χ1v) is 10.8. The Labute approximate surface area is 199 Å². The van der Waals surface area contributed by atoms with Crippen molar-refractivity contribution >= 4 is 17.5 Å². The Bertz CT molecular complexity index is 1100. The number of piperazine rings is 1. The van der Waals surface area contributed by atoms with Gasteiger partial charge < -0.3 is 19.9 Å². The summed E-state index contributed by atoms with van der Waals surface area (Å²) in [6, 6.07) is 9.34. The molecule has 35 heavy (non-hydrogen) atoms. The van der Waals surface area contributed by atoms with Gasteiger partial charge in [-0.05, 0) is 35.9 Å². The Balaban J connectivity index is 1.85. The molecule has 1 heterocycles. The molecule has 0 spiro atoms. The molecule has 1 aliphatic heterocycles. The molecule has 186 valence electrons. The highest BCUT2D eigenvalue weighted by molar-refractivity contribution is 5.87. The number of alkyl halides is 3. The fourth-order valence-corrected chi connectivity index (χ4v) is 3.87. The minimum absolute atomic E-state index is 0.00657. The van der Waals surface area contributed by atoms with E-state index in [1.54, 1.807) is 6.07 Å². The number of nitriles is 1. The summed E-state index contributed by atoms with van der Waals surface area (Å²) >= 11 is 0. The van der Waals surface area contributed by atoms with Gasteiger partial charge in [0.1, 0.15) is 11.9 Å². The summed E-state index contributed by atoms with van der Waals surface area (Å²) in [4.78, 5) is 28.8. The lowest BCUT2D eigenvalue weighted by atomic mass is 10.0. The molecule has 0 bridgehead atoms. The van der Waals surface area contributed by atoms with E-state index >= 15 is 0 Å². The van der Waals surface area contributed by atoms with Crippen molar-refractivity contribution in [3.8, 4) is 6.07 Å². The van der Waals surface area contributed by atoms with Gasteiger partial charge in [-0.3, -0.25) is 9.59 Å². The largest absolute Gasteiger partial charge is 0.417 e. The summed E-state index contributed by atoms with van der Waals surface area (Å²) in [5.74, 6) is -1.19. The third-order valence-corrected chi connectivity index (χ3v) is 5.67. The number of ether oxygens (including phenoxy) is 1. The van der Waals surface area contributed by atoms with Crippen molar-refractivity contribution in [2.75, 3.05) is 44.8 Å². The van der Waals surface area contributed by atoms with Gasteiger partial charge in [0, 0.05) is 32.4 Å². The second kappa shape index (κ2) is 11.2. The van der Waals surface area contributed by atoms with Crippen LogP contribution in [0.2, 0.25) is 0 Å². The van der Waals surface area contributed by atoms with E-state index in [1.807, 2.05) is 0 Å². The molecule has 1 saturated heterocycles. The van der Waals surface area contributed by atoms with Crippen molar-refractivity contribution in [3.63, 3.8) is 0 Å². The summed E-state index contributed by atoms with van der Waals surface area (Å²) in [6.45, 7) is 0.634. The average Bonchev–Trinajstić information content (AvgIpc) is 2.84. The molecule has 2 aromatic rings. The van der Waals surface area contributed by atoms with Crippen LogP contribution >= 0.6 is 0 Å². The molecule has 2 aromatic carbocycles. The molecule has 1 atom stereocenters. The van der Waals surface area contributed by atoms with Crippen LogP contribution < -0.4 is 10.2 Å². The maximum absolute atomic E-state index is 13.5. The predicted molar refractivity (Wildman–Crippen MR) is 119 cm³/mol. The van der Waals surface area contributed by atoms with Crippen LogP contribution in [0.4, 0.5) is 23.2 Å². The van der Waals surface area contributed by atoms with Gasteiger partial charge in [0.25, 0.3) is 0 Å². The molecule has 0 aromatic heterocycles. The number of benzene rings is 2. The lowest BCUT2D eigenvalue weighted by Gasteiger charge is -2.42. The molecule has 3 rings (SSSR count). The smallest absolute Gasteiger partial charge is 0.383 e. The SMILES string of the molecule is COCCNC(=O)C1CN(C(=O)Cc2ccc(F)cc2)CCN1c1ccc(C#N)c(C(F)(F)F)c1. The van der Waals surface area contributed by atoms with E-state index < -0.39 is 35.1 Å². The molecular weight excluding hydrogens is 468 g/mol. The second-order valence-electron chi connectivity index (χ2n) is 7.98. The number of methoxy groups -OCH3 is 1. The van der Waals surface area contributed by atoms with E-state index in [0.717, 1.165) is 12.1 Å². The number of hydrogen-bond donors (Lipinski definition) is 1. The number of amides is 2. The number of hydrogen-bond acceptors (Lipinski definition) is 5. The first kappa shape index (κ1) is 26.0. The van der Waals surface area contributed by atoms with Gasteiger partial charge in [-0.2, -0.15) is 18.4 Å². The van der Waals surface area contributed by atoms with Crippen molar-refractivity contribution < 1.29 is 31.9 Å². The monoisotopic (exact) mass is 492 g/mol. The van der Waals surface area contributed by atoms with E-state index in [9.17, 15) is 27.2 Å². The Hall–Kier alpha value is -3.65. The molecule has 11 heteroatoms. The normalized spacial score (nSPS) is 16.1. The molecule has 2 amide bonds. The van der Waals surface area contributed by atoms with Gasteiger partial charge in [-0.1, -0.05) is 12.1 Å². The van der Waals surface area contributed by atoms with Gasteiger partial charge in [-0.15, -0.1) is 0 Å². The highest BCUT2D eigenvalue weighted by Gasteiger charge is 2.37. The fraction of sp³-hybridized carbons (Fsp3) is 0.375. The van der Waals surface area contributed by atoms with Crippen LogP contribution in [0.3, 0.4) is 0 Å². The molecule has 7 nitrogen and oxygen atoms in total. The maximum Gasteiger partial charge on any atom is 0.417 e. The minimum Gasteiger partial charge on any atom is -0.383 e. The van der Waals surface area contributed by atoms with Gasteiger partial charge in [0.2, 0.25) is 11.8 Å². The third kappa shape index (κ3) is 6.48. The summed E-state index contributed by atoms with van der Waals surface area (Å²) in [5.41, 5.74) is -0.892. The van der Waals surface area contributed by atoms with Crippen LogP contribution in [-0.4, -0.2) is 62.7 Å². The van der Waals surface area contributed by atoms with Crippen molar-refractivity contribution in [2.45, 2.75) is 18.6 Å². The summed E-state index contributed by atoms with van der Waals surface area (Å²) in [5, 5.41) is 11.7. The summed E-state index contributed by atoms with van der Waals surface area (Å²) in [6.07, 6.45) is -4.75. The van der Waals surface area contributed by atoms with Crippen LogP contribution in [0.1, 0.15) is 16.7 Å². The first-order chi connectivity index (χ1) is 16.6. The highest BCUT2D eigenvalue weighted by atomic mass is 19.4. The quantitative estimate of drug-likeness (QED) is 0.475. The zero-order valence-corrected chi connectivity index (χ0v) is 18.9. The van der Waals surface area contributed by atoms with E-state index in [0.29, 0.717) is 5.56 Å². The van der Waals surface area contributed by atoms with Crippen LogP contribution in [-0.2, 0) is 26.9 Å². The van der Waals surface area contributed by atoms with Crippen molar-refractivity contribution in [1.29, 1.82) is 5.26 Å². The molecule has 1 unspecified atom stereocenters. The van der Waals surface area contributed by atoms with Crippen molar-refractivity contribution in [1.82, 2.24) is 10.2 Å². The molecule has 1 aliphatic rings. The zero-order chi connectivity index (χ0) is 25.6. The Kier molecular flexibility index (Phi) is 8.30. The van der Waals surface area contributed by atoms with Crippen molar-refractivity contribution in [3.05, 3.63) is 65.0 Å². The van der Waals surface area contributed by atoms with Gasteiger partial charge in [0.05, 0.1) is 36.8 Å². The van der Waals surface area contributed by atoms with E-state index in [1.165, 1.54) is 47.2 Å². The number of carbonyl (C=O) groups is 2. The van der Waals surface area contributed by atoms with E-state index in [2.05, 4.69) is 5.32 Å². The molecule has 0 radical (unpaired) electrons. The Morgan fingerprint density at radius 2 is 1.89 bits per heavy atom. The van der Waals surface area contributed by atoms with Gasteiger partial charge in [0.15, 0.2) is 0 Å². The van der Waals surface area contributed by atoms with Crippen LogP contribution in [0, 0.1) is 17.1 Å². The zero-order valence-electron chi connectivity index (χ0n) is 18.9. The van der Waals surface area contributed by atoms with E-state index in [4.69, 9.17) is 10.00 Å². The minimum atomic E-state index is -4.75. The third-order valence-electron chi connectivity index (χ3n) is 5.67. The highest BCUT2D eigenvalue weighted by Crippen LogP contribution is 2.35. The maximum atomic E-state index is 13.5. The van der Waals surface area contributed by atoms with Crippen LogP contribution in [0.25, 0.3) is 0 Å². The Morgan fingerprint density at radius 1 is 1.17 bits per heavy atom. The van der Waals surface area contributed by atoms with E-state index in [-0.39, 0.29) is 50.8 Å². The topological polar surface area (TPSA) is 85.7 Å². The average molecular weight is 492 g/mol. The standard InChI is InChI=1S/C24H24F4N4O3/c1-35-11-8-30-23(34)21-15-31(22(33)12-16-2-5-18(25)6-3-16)9-10-32(21)19-7-4-17(14-29)20(13-19)24(26,27)28/h2-7,13,21H,8-12,15H2,1H3,(H,30,34). The second-order valence-corrected chi connectivity index (χ2v) is 7.98. The number of halogens is 4. The summed E-state index contributed by atoms with van der Waals surface area (Å²) in [7, 11) is 1.46. The Morgan fingerprint density at radius 3 is 2.51 bits per heavy atom. The number of anilines is 1. The lowest BCUT2D eigenvalue weighted by molar-refractivity contribution is -0.137. The first-order valence-electron chi connectivity index (χ1n) is 10.8. The number of carbonyl (C=O) groups excluding carboxylic acids is 2. The molecule has 0 aliphatic carbocycles. The number of nitrogens with zero attached hydrogens (tertiary/aromatic N) is 3. The lowest BCUT2D eigenvalue weighted by Crippen LogP contribution is -2.60. The molecule has 1 N–H and O–H groups in total. The fourth-order valence-electron chi connectivity index (χ4n) is 3.87. The van der Waals surface area contributed by atoms with Crippen LogP contribution in [0.15, 0.2) is 42.5 Å². The predicted octanol–water partition coefficient (Wildman–Crippen LogP) is 2.74. The van der Waals surface area contributed by atoms with Gasteiger partial charge >= 0.3 is 6.18 Å². The summed E-state index contributed by atoms with van der Waals surface area (Å²) < 4.78 is 58.6.